The summed E-state index contributed by atoms with van der Waals surface area (Å²) in [7, 11) is 0. The number of benzene rings is 2. The number of fused-ring (bicyclic) bond motifs is 1. The van der Waals surface area contributed by atoms with Crippen LogP contribution >= 0.6 is 0 Å². The van der Waals surface area contributed by atoms with E-state index in [1.807, 2.05) is 6.07 Å². The lowest BCUT2D eigenvalue weighted by molar-refractivity contribution is -0.137. The zero-order valence-corrected chi connectivity index (χ0v) is 16.0. The molecule has 150 valence electrons. The smallest absolute Gasteiger partial charge is 0.310 e. The number of alkyl halides is 3. The summed E-state index contributed by atoms with van der Waals surface area (Å²) in [5.41, 5.74) is 1.55. The number of hydrogen-bond acceptors (Lipinski definition) is 2. The number of halogens is 3. The third-order valence-electron chi connectivity index (χ3n) is 6.24. The molecule has 5 heteroatoms. The van der Waals surface area contributed by atoms with Gasteiger partial charge in [0.05, 0.1) is 5.56 Å². The van der Waals surface area contributed by atoms with Crippen LogP contribution in [-0.2, 0) is 19.1 Å². The summed E-state index contributed by atoms with van der Waals surface area (Å²) in [5, 5.41) is 3.69. The van der Waals surface area contributed by atoms with E-state index in [1.165, 1.54) is 30.5 Å². The third-order valence-corrected chi connectivity index (χ3v) is 6.24. The highest BCUT2D eigenvalue weighted by molar-refractivity contribution is 5.26. The first-order valence-corrected chi connectivity index (χ1v) is 10.1. The van der Waals surface area contributed by atoms with Crippen molar-refractivity contribution in [3.8, 4) is 0 Å². The summed E-state index contributed by atoms with van der Waals surface area (Å²) < 4.78 is 38.6. The fourth-order valence-corrected chi connectivity index (χ4v) is 4.79. The van der Waals surface area contributed by atoms with Crippen molar-refractivity contribution in [2.45, 2.75) is 38.0 Å². The van der Waals surface area contributed by atoms with Gasteiger partial charge in [-0.15, -0.1) is 0 Å². The van der Waals surface area contributed by atoms with Gasteiger partial charge in [-0.25, -0.2) is 0 Å². The van der Waals surface area contributed by atoms with E-state index < -0.39 is 11.7 Å². The maximum atomic E-state index is 12.9. The molecule has 0 spiro atoms. The average molecular weight is 388 g/mol. The Balaban J connectivity index is 1.22. The molecule has 2 nitrogen and oxygen atoms in total. The Kier molecular flexibility index (Phi) is 5.74. The Morgan fingerprint density at radius 2 is 1.57 bits per heavy atom. The van der Waals surface area contributed by atoms with Crippen molar-refractivity contribution in [1.82, 2.24) is 10.2 Å². The van der Waals surface area contributed by atoms with Crippen molar-refractivity contribution in [3.63, 3.8) is 0 Å². The van der Waals surface area contributed by atoms with Gasteiger partial charge in [0.25, 0.3) is 0 Å². The highest BCUT2D eigenvalue weighted by Gasteiger charge is 2.40. The van der Waals surface area contributed by atoms with Crippen LogP contribution in [0.1, 0.15) is 29.5 Å². The SMILES string of the molecule is FC(F)(F)c1cccc(CCN2CC3CC(NCc4ccccc4)CC3C2)c1. The van der Waals surface area contributed by atoms with Crippen molar-refractivity contribution >= 4 is 0 Å². The maximum absolute atomic E-state index is 12.9. The monoisotopic (exact) mass is 388 g/mol. The van der Waals surface area contributed by atoms with E-state index in [4.69, 9.17) is 0 Å². The number of rotatable bonds is 6. The fourth-order valence-electron chi connectivity index (χ4n) is 4.79. The summed E-state index contributed by atoms with van der Waals surface area (Å²) in [6, 6.07) is 16.8. The summed E-state index contributed by atoms with van der Waals surface area (Å²) in [6.07, 6.45) is -1.17. The summed E-state index contributed by atoms with van der Waals surface area (Å²) in [5.74, 6) is 1.43. The van der Waals surface area contributed by atoms with Crippen LogP contribution in [0.3, 0.4) is 0 Å². The molecule has 1 N–H and O–H groups in total. The van der Waals surface area contributed by atoms with E-state index in [9.17, 15) is 13.2 Å². The minimum Gasteiger partial charge on any atom is -0.310 e. The van der Waals surface area contributed by atoms with Crippen LogP contribution in [0.2, 0.25) is 0 Å². The fraction of sp³-hybridized carbons (Fsp3) is 0.478. The van der Waals surface area contributed by atoms with Gasteiger partial charge in [-0.05, 0) is 48.3 Å². The minimum atomic E-state index is -4.26. The highest BCUT2D eigenvalue weighted by Crippen LogP contribution is 2.38. The molecule has 0 radical (unpaired) electrons. The van der Waals surface area contributed by atoms with Crippen molar-refractivity contribution in [3.05, 3.63) is 71.3 Å². The van der Waals surface area contributed by atoms with Gasteiger partial charge in [0, 0.05) is 32.2 Å². The molecular formula is C23H27F3N2. The molecule has 28 heavy (non-hydrogen) atoms. The predicted octanol–water partition coefficient (Wildman–Crippen LogP) is 4.75. The molecular weight excluding hydrogens is 361 g/mol. The Hall–Kier alpha value is -1.85. The molecule has 2 aromatic carbocycles. The largest absolute Gasteiger partial charge is 0.416 e. The van der Waals surface area contributed by atoms with E-state index in [0.29, 0.717) is 12.5 Å². The molecule has 1 aliphatic carbocycles. The summed E-state index contributed by atoms with van der Waals surface area (Å²) in [6.45, 7) is 3.92. The van der Waals surface area contributed by atoms with E-state index in [2.05, 4.69) is 34.5 Å². The van der Waals surface area contributed by atoms with Crippen LogP contribution in [0.15, 0.2) is 54.6 Å². The van der Waals surface area contributed by atoms with Gasteiger partial charge in [0.1, 0.15) is 0 Å². The molecule has 1 saturated heterocycles. The first kappa shape index (κ1) is 19.5. The Morgan fingerprint density at radius 1 is 0.893 bits per heavy atom. The van der Waals surface area contributed by atoms with Gasteiger partial charge in [-0.2, -0.15) is 13.2 Å². The molecule has 2 unspecified atom stereocenters. The molecule has 0 amide bonds. The standard InChI is InChI=1S/C23H27F3N2/c24-23(25,26)21-8-4-7-17(11-21)9-10-28-15-19-12-22(13-20(19)16-28)27-14-18-5-2-1-3-6-18/h1-8,11,19-20,22,27H,9-10,12-16H2. The van der Waals surface area contributed by atoms with Crippen LogP contribution in [0.25, 0.3) is 0 Å². The van der Waals surface area contributed by atoms with Gasteiger partial charge in [0.15, 0.2) is 0 Å². The van der Waals surface area contributed by atoms with Crippen LogP contribution in [0, 0.1) is 11.8 Å². The number of likely N-dealkylation sites (tertiary alicyclic amines) is 1. The van der Waals surface area contributed by atoms with Crippen LogP contribution in [-0.4, -0.2) is 30.6 Å². The first-order valence-electron chi connectivity index (χ1n) is 10.1. The van der Waals surface area contributed by atoms with Gasteiger partial charge in [-0.3, -0.25) is 0 Å². The molecule has 2 atom stereocenters. The Bertz CT molecular complexity index is 761. The van der Waals surface area contributed by atoms with Gasteiger partial charge in [0.2, 0.25) is 0 Å². The lowest BCUT2D eigenvalue weighted by Crippen LogP contribution is -2.30. The summed E-state index contributed by atoms with van der Waals surface area (Å²) in [4.78, 5) is 2.43. The Labute approximate surface area is 164 Å². The van der Waals surface area contributed by atoms with Crippen LogP contribution < -0.4 is 5.32 Å². The zero-order valence-electron chi connectivity index (χ0n) is 16.0. The summed E-state index contributed by atoms with van der Waals surface area (Å²) >= 11 is 0. The van der Waals surface area contributed by atoms with Crippen LogP contribution in [0.5, 0.6) is 0 Å². The molecule has 4 rings (SSSR count). The zero-order chi connectivity index (χ0) is 19.6. The molecule has 0 aromatic heterocycles. The van der Waals surface area contributed by atoms with E-state index in [1.54, 1.807) is 6.07 Å². The molecule has 1 aliphatic heterocycles. The second-order valence-corrected chi connectivity index (χ2v) is 8.26. The van der Waals surface area contributed by atoms with Crippen molar-refractivity contribution < 1.29 is 13.2 Å². The second-order valence-electron chi connectivity index (χ2n) is 8.26. The van der Waals surface area contributed by atoms with Gasteiger partial charge in [-0.1, -0.05) is 48.5 Å². The topological polar surface area (TPSA) is 15.3 Å². The molecule has 0 bridgehead atoms. The number of nitrogens with zero attached hydrogens (tertiary/aromatic N) is 1. The maximum Gasteiger partial charge on any atom is 0.416 e. The molecule has 2 fully saturated rings. The molecule has 2 aromatic rings. The predicted molar refractivity (Wildman–Crippen MR) is 105 cm³/mol. The molecule has 1 heterocycles. The van der Waals surface area contributed by atoms with E-state index >= 15 is 0 Å². The third kappa shape index (κ3) is 4.76. The molecule has 2 aliphatic rings. The lowest BCUT2D eigenvalue weighted by atomic mass is 10.0. The van der Waals surface area contributed by atoms with E-state index in [0.717, 1.165) is 49.6 Å². The lowest BCUT2D eigenvalue weighted by Gasteiger charge is -2.20. The normalized spacial score (nSPS) is 25.2. The number of hydrogen-bond donors (Lipinski definition) is 1. The number of nitrogens with one attached hydrogen (secondary N) is 1. The van der Waals surface area contributed by atoms with Crippen molar-refractivity contribution in [2.75, 3.05) is 19.6 Å². The minimum absolute atomic E-state index is 0.546. The van der Waals surface area contributed by atoms with Gasteiger partial charge >= 0.3 is 6.18 Å². The van der Waals surface area contributed by atoms with Gasteiger partial charge < -0.3 is 10.2 Å². The van der Waals surface area contributed by atoms with Crippen LogP contribution in [0.4, 0.5) is 13.2 Å². The highest BCUT2D eigenvalue weighted by atomic mass is 19.4. The van der Waals surface area contributed by atoms with Crippen molar-refractivity contribution in [2.24, 2.45) is 11.8 Å². The average Bonchev–Trinajstić information content (AvgIpc) is 3.23. The van der Waals surface area contributed by atoms with Crippen molar-refractivity contribution in [1.29, 1.82) is 0 Å². The molecule has 1 saturated carbocycles. The first-order chi connectivity index (χ1) is 13.5. The van der Waals surface area contributed by atoms with E-state index in [-0.39, 0.29) is 0 Å². The second kappa shape index (κ2) is 8.26. The Morgan fingerprint density at radius 3 is 2.25 bits per heavy atom. The quantitative estimate of drug-likeness (QED) is 0.768.